The van der Waals surface area contributed by atoms with Gasteiger partial charge in [-0.25, -0.2) is 9.59 Å². The summed E-state index contributed by atoms with van der Waals surface area (Å²) in [5.74, 6) is 0.292. The molecule has 1 rings (SSSR count). The Labute approximate surface area is 118 Å². The number of amides is 2. The van der Waals surface area contributed by atoms with Crippen LogP contribution in [0.25, 0.3) is 0 Å². The molecule has 0 atom stereocenters. The van der Waals surface area contributed by atoms with Gasteiger partial charge in [-0.1, -0.05) is 13.0 Å². The number of nitrogens with one attached hydrogen (secondary N) is 1. The van der Waals surface area contributed by atoms with E-state index in [1.54, 1.807) is 18.2 Å². The Kier molecular flexibility index (Phi) is 4.96. The molecule has 0 aromatic heterocycles. The molecule has 6 nitrogen and oxygen atoms in total. The maximum Gasteiger partial charge on any atom is 0.413 e. The van der Waals surface area contributed by atoms with Gasteiger partial charge in [0.1, 0.15) is 5.75 Å². The van der Waals surface area contributed by atoms with Crippen molar-refractivity contribution < 1.29 is 19.4 Å². The van der Waals surface area contributed by atoms with E-state index in [4.69, 9.17) is 9.84 Å². The van der Waals surface area contributed by atoms with Gasteiger partial charge >= 0.3 is 12.2 Å². The summed E-state index contributed by atoms with van der Waals surface area (Å²) >= 11 is 0. The number of carbonyl (C=O) groups is 2. The first kappa shape index (κ1) is 15.8. The van der Waals surface area contributed by atoms with Crippen molar-refractivity contribution in [2.45, 2.75) is 32.7 Å². The van der Waals surface area contributed by atoms with Crippen LogP contribution in [-0.4, -0.2) is 29.9 Å². The van der Waals surface area contributed by atoms with Crippen LogP contribution >= 0.6 is 0 Å². The molecule has 0 spiro atoms. The van der Waals surface area contributed by atoms with E-state index in [0.717, 1.165) is 11.3 Å². The third-order valence-corrected chi connectivity index (χ3v) is 3.03. The molecule has 0 bridgehead atoms. The molecular weight excluding hydrogens is 260 g/mol. The highest BCUT2D eigenvalue weighted by Gasteiger charge is 2.19. The van der Waals surface area contributed by atoms with Crippen LogP contribution in [0.15, 0.2) is 24.3 Å². The maximum atomic E-state index is 11.7. The van der Waals surface area contributed by atoms with Gasteiger partial charge in [-0.2, -0.15) is 0 Å². The van der Waals surface area contributed by atoms with Crippen molar-refractivity contribution in [1.29, 1.82) is 0 Å². The van der Waals surface area contributed by atoms with Crippen LogP contribution in [0.2, 0.25) is 0 Å². The molecule has 0 fully saturated rings. The molecule has 6 heteroatoms. The summed E-state index contributed by atoms with van der Waals surface area (Å²) in [6.07, 6.45) is -0.880. The highest BCUT2D eigenvalue weighted by atomic mass is 16.6. The van der Waals surface area contributed by atoms with Crippen LogP contribution in [0.5, 0.6) is 5.75 Å². The fourth-order valence-corrected chi connectivity index (χ4v) is 1.36. The largest absolute Gasteiger partial charge is 0.465 e. The van der Waals surface area contributed by atoms with E-state index < -0.39 is 12.2 Å². The van der Waals surface area contributed by atoms with Crippen LogP contribution in [0.1, 0.15) is 27.2 Å². The van der Waals surface area contributed by atoms with Crippen molar-refractivity contribution >= 4 is 17.9 Å². The lowest BCUT2D eigenvalue weighted by Gasteiger charge is -2.23. The first-order valence-corrected chi connectivity index (χ1v) is 6.32. The zero-order chi connectivity index (χ0) is 15.3. The van der Waals surface area contributed by atoms with Gasteiger partial charge < -0.3 is 15.2 Å². The van der Waals surface area contributed by atoms with Gasteiger partial charge in [0, 0.05) is 18.7 Å². The zero-order valence-corrected chi connectivity index (χ0v) is 12.1. The number of nitrogens with zero attached hydrogens (tertiary/aromatic N) is 1. The van der Waals surface area contributed by atoms with Crippen molar-refractivity contribution in [1.82, 2.24) is 5.32 Å². The number of hydrogen-bond acceptors (Lipinski definition) is 3. The van der Waals surface area contributed by atoms with Crippen LogP contribution in [0.4, 0.5) is 15.3 Å². The minimum atomic E-state index is -1.08. The summed E-state index contributed by atoms with van der Waals surface area (Å²) in [5, 5.41) is 11.6. The molecule has 0 saturated heterocycles. The molecule has 1 aromatic rings. The van der Waals surface area contributed by atoms with Crippen LogP contribution < -0.4 is 15.0 Å². The van der Waals surface area contributed by atoms with Gasteiger partial charge in [0.15, 0.2) is 0 Å². The quantitative estimate of drug-likeness (QED) is 0.888. The van der Waals surface area contributed by atoms with E-state index in [0.29, 0.717) is 11.4 Å². The first-order chi connectivity index (χ1) is 9.25. The number of hydrogen-bond donors (Lipinski definition) is 2. The van der Waals surface area contributed by atoms with Gasteiger partial charge in [-0.3, -0.25) is 4.90 Å². The number of carbonyl (C=O) groups excluding carboxylic acids is 1. The van der Waals surface area contributed by atoms with Crippen LogP contribution in [-0.2, 0) is 0 Å². The molecule has 0 radical (unpaired) electrons. The van der Waals surface area contributed by atoms with Crippen LogP contribution in [0.3, 0.4) is 0 Å². The second kappa shape index (κ2) is 6.27. The Morgan fingerprint density at radius 1 is 1.40 bits per heavy atom. The standard InChI is InChI=1S/C14H20N2O4/c1-5-14(2,3)15-12(17)20-11-8-6-7-10(9-11)16(4)13(18)19/h6-9H,5H2,1-4H3,(H,15,17)(H,18,19). The molecule has 0 aliphatic heterocycles. The summed E-state index contributed by atoms with van der Waals surface area (Å²) in [6, 6.07) is 6.33. The van der Waals surface area contributed by atoms with Gasteiger partial charge in [-0.05, 0) is 32.4 Å². The Balaban J connectivity index is 2.76. The third kappa shape index (κ3) is 4.46. The fourth-order valence-electron chi connectivity index (χ4n) is 1.36. The van der Waals surface area contributed by atoms with Crippen molar-refractivity contribution in [2.24, 2.45) is 0 Å². The van der Waals surface area contributed by atoms with E-state index in [-0.39, 0.29) is 5.54 Å². The van der Waals surface area contributed by atoms with Crippen molar-refractivity contribution in [3.63, 3.8) is 0 Å². The minimum Gasteiger partial charge on any atom is -0.465 e. The summed E-state index contributed by atoms with van der Waals surface area (Å²) in [4.78, 5) is 23.6. The lowest BCUT2D eigenvalue weighted by atomic mass is 10.0. The summed E-state index contributed by atoms with van der Waals surface area (Å²) in [7, 11) is 1.42. The van der Waals surface area contributed by atoms with Gasteiger partial charge in [0.2, 0.25) is 0 Å². The monoisotopic (exact) mass is 280 g/mol. The van der Waals surface area contributed by atoms with E-state index in [1.165, 1.54) is 13.1 Å². The number of anilines is 1. The zero-order valence-electron chi connectivity index (χ0n) is 12.1. The Hall–Kier alpha value is -2.24. The molecule has 0 saturated carbocycles. The number of carboxylic acid groups (broad SMARTS) is 1. The van der Waals surface area contributed by atoms with Crippen molar-refractivity contribution in [3.8, 4) is 5.75 Å². The van der Waals surface area contributed by atoms with Crippen molar-refractivity contribution in [3.05, 3.63) is 24.3 Å². The van der Waals surface area contributed by atoms with Gasteiger partial charge in [0.05, 0.1) is 5.69 Å². The molecule has 2 N–H and O–H groups in total. The van der Waals surface area contributed by atoms with E-state index >= 15 is 0 Å². The summed E-state index contributed by atoms with van der Waals surface area (Å²) < 4.78 is 5.15. The molecule has 0 unspecified atom stereocenters. The van der Waals surface area contributed by atoms with Crippen molar-refractivity contribution in [2.75, 3.05) is 11.9 Å². The molecule has 20 heavy (non-hydrogen) atoms. The van der Waals surface area contributed by atoms with Gasteiger partial charge in [-0.15, -0.1) is 0 Å². The summed E-state index contributed by atoms with van der Waals surface area (Å²) in [5.41, 5.74) is 0.0737. The SMILES string of the molecule is CCC(C)(C)NC(=O)Oc1cccc(N(C)C(=O)O)c1. The van der Waals surface area contributed by atoms with Crippen LogP contribution in [0, 0.1) is 0 Å². The predicted octanol–water partition coefficient (Wildman–Crippen LogP) is 3.08. The molecule has 1 aromatic carbocycles. The molecule has 0 aliphatic rings. The highest BCUT2D eigenvalue weighted by molar-refractivity contribution is 5.85. The lowest BCUT2D eigenvalue weighted by molar-refractivity contribution is 0.187. The fraction of sp³-hybridized carbons (Fsp3) is 0.429. The second-order valence-corrected chi connectivity index (χ2v) is 5.09. The second-order valence-electron chi connectivity index (χ2n) is 5.09. The lowest BCUT2D eigenvalue weighted by Crippen LogP contribution is -2.44. The van der Waals surface area contributed by atoms with E-state index in [2.05, 4.69) is 5.32 Å². The molecule has 110 valence electrons. The molecule has 0 heterocycles. The average Bonchev–Trinajstić information content (AvgIpc) is 2.37. The number of benzene rings is 1. The smallest absolute Gasteiger partial charge is 0.413 e. The molecule has 0 aliphatic carbocycles. The Morgan fingerprint density at radius 2 is 2.05 bits per heavy atom. The van der Waals surface area contributed by atoms with E-state index in [9.17, 15) is 9.59 Å². The highest BCUT2D eigenvalue weighted by Crippen LogP contribution is 2.20. The van der Waals surface area contributed by atoms with E-state index in [1.807, 2.05) is 20.8 Å². The first-order valence-electron chi connectivity index (χ1n) is 6.32. The Morgan fingerprint density at radius 3 is 2.60 bits per heavy atom. The maximum absolute atomic E-state index is 11.7. The molecular formula is C14H20N2O4. The summed E-state index contributed by atoms with van der Waals surface area (Å²) in [6.45, 7) is 5.74. The normalized spacial score (nSPS) is 10.8. The Bertz CT molecular complexity index is 500. The predicted molar refractivity (Wildman–Crippen MR) is 76.4 cm³/mol. The van der Waals surface area contributed by atoms with Gasteiger partial charge in [0.25, 0.3) is 0 Å². The average molecular weight is 280 g/mol. The topological polar surface area (TPSA) is 78.9 Å². The minimum absolute atomic E-state index is 0.292. The number of ether oxygens (including phenoxy) is 1. The number of rotatable bonds is 4. The third-order valence-electron chi connectivity index (χ3n) is 3.03. The molecule has 2 amide bonds.